The summed E-state index contributed by atoms with van der Waals surface area (Å²) in [6, 6.07) is 0. The van der Waals surface area contributed by atoms with Crippen LogP contribution in [0.3, 0.4) is 0 Å². The summed E-state index contributed by atoms with van der Waals surface area (Å²) < 4.78 is 0. The maximum absolute atomic E-state index is 10.00. The van der Waals surface area contributed by atoms with E-state index in [0.717, 1.165) is 24.7 Å². The number of hydrogen-bond donors (Lipinski definition) is 0. The minimum absolute atomic E-state index is 0.725. The van der Waals surface area contributed by atoms with Crippen LogP contribution in [0, 0.1) is 0 Å². The summed E-state index contributed by atoms with van der Waals surface area (Å²) in [6.45, 7) is 5.72. The molecule has 0 aliphatic heterocycles. The maximum atomic E-state index is 10.00. The Morgan fingerprint density at radius 3 is 2.67 bits per heavy atom. The summed E-state index contributed by atoms with van der Waals surface area (Å²) in [5, 5.41) is 0. The van der Waals surface area contributed by atoms with Crippen LogP contribution in [0.15, 0.2) is 12.2 Å². The third-order valence-corrected chi connectivity index (χ3v) is 1.27. The van der Waals surface area contributed by atoms with E-state index in [4.69, 9.17) is 0 Å². The first-order chi connectivity index (χ1) is 4.31. The molecule has 0 heterocycles. The van der Waals surface area contributed by atoms with Crippen LogP contribution in [0.25, 0.3) is 0 Å². The fourth-order valence-electron chi connectivity index (χ4n) is 0.661. The first-order valence-corrected chi connectivity index (χ1v) is 3.44. The maximum Gasteiger partial charge on any atom is 0.145 e. The number of hydrogen-bond acceptors (Lipinski definition) is 1. The van der Waals surface area contributed by atoms with Crippen LogP contribution in [0.5, 0.6) is 0 Å². The van der Waals surface area contributed by atoms with Gasteiger partial charge in [0.2, 0.25) is 0 Å². The highest BCUT2D eigenvalue weighted by atomic mass is 16.1. The lowest BCUT2D eigenvalue weighted by molar-refractivity contribution is -0.105. The van der Waals surface area contributed by atoms with E-state index in [1.165, 1.54) is 12.8 Å². The van der Waals surface area contributed by atoms with E-state index in [-0.39, 0.29) is 0 Å². The van der Waals surface area contributed by atoms with Gasteiger partial charge in [-0.25, -0.2) is 0 Å². The van der Waals surface area contributed by atoms with Gasteiger partial charge in [-0.3, -0.25) is 4.79 Å². The lowest BCUT2D eigenvalue weighted by Gasteiger charge is -1.94. The van der Waals surface area contributed by atoms with E-state index in [9.17, 15) is 4.79 Å². The number of carbonyl (C=O) groups excluding carboxylic acids is 1. The van der Waals surface area contributed by atoms with Gasteiger partial charge >= 0.3 is 0 Å². The van der Waals surface area contributed by atoms with Crippen LogP contribution >= 0.6 is 0 Å². The lowest BCUT2D eigenvalue weighted by Crippen LogP contribution is -1.81. The average molecular weight is 126 g/mol. The standard InChI is InChI=1S/C8H14O/c1-3-4-5-6-8(2)7-9/h7H,2-6H2,1H3. The van der Waals surface area contributed by atoms with Crippen LogP contribution in [0.4, 0.5) is 0 Å². The zero-order valence-corrected chi connectivity index (χ0v) is 6.02. The second-order valence-electron chi connectivity index (χ2n) is 2.23. The molecule has 52 valence electrons. The molecule has 0 aromatic rings. The van der Waals surface area contributed by atoms with Gasteiger partial charge in [-0.05, 0) is 18.4 Å². The molecule has 0 bridgehead atoms. The first kappa shape index (κ1) is 8.41. The summed E-state index contributed by atoms with van der Waals surface area (Å²) >= 11 is 0. The number of carbonyl (C=O) groups is 1. The Kier molecular flexibility index (Phi) is 5.18. The van der Waals surface area contributed by atoms with Crippen LogP contribution < -0.4 is 0 Å². The molecule has 0 aliphatic rings. The van der Waals surface area contributed by atoms with Crippen molar-refractivity contribution in [1.29, 1.82) is 0 Å². The van der Waals surface area contributed by atoms with Crippen molar-refractivity contribution in [3.8, 4) is 0 Å². The van der Waals surface area contributed by atoms with Gasteiger partial charge in [-0.2, -0.15) is 0 Å². The van der Waals surface area contributed by atoms with E-state index >= 15 is 0 Å². The van der Waals surface area contributed by atoms with Crippen molar-refractivity contribution in [3.05, 3.63) is 12.2 Å². The minimum Gasteiger partial charge on any atom is -0.298 e. The van der Waals surface area contributed by atoms with E-state index < -0.39 is 0 Å². The third kappa shape index (κ3) is 5.28. The van der Waals surface area contributed by atoms with Gasteiger partial charge in [-0.15, -0.1) is 0 Å². The fourth-order valence-corrected chi connectivity index (χ4v) is 0.661. The molecular formula is C8H14O. The summed E-state index contributed by atoms with van der Waals surface area (Å²) in [5.41, 5.74) is 0.725. The van der Waals surface area contributed by atoms with Crippen LogP contribution in [-0.4, -0.2) is 6.29 Å². The van der Waals surface area contributed by atoms with Gasteiger partial charge in [0.1, 0.15) is 6.29 Å². The molecule has 0 saturated heterocycles. The molecule has 0 amide bonds. The van der Waals surface area contributed by atoms with E-state index in [0.29, 0.717) is 0 Å². The van der Waals surface area contributed by atoms with Crippen LogP contribution in [0.2, 0.25) is 0 Å². The molecule has 1 nitrogen and oxygen atoms in total. The molecule has 0 unspecified atom stereocenters. The highest BCUT2D eigenvalue weighted by Crippen LogP contribution is 2.03. The Morgan fingerprint density at radius 1 is 1.56 bits per heavy atom. The van der Waals surface area contributed by atoms with Gasteiger partial charge < -0.3 is 0 Å². The number of unbranched alkanes of at least 4 members (excludes halogenated alkanes) is 2. The normalized spacial score (nSPS) is 9.00. The Balaban J connectivity index is 3.07. The first-order valence-electron chi connectivity index (χ1n) is 3.44. The van der Waals surface area contributed by atoms with Crippen molar-refractivity contribution in [2.75, 3.05) is 0 Å². The third-order valence-electron chi connectivity index (χ3n) is 1.27. The topological polar surface area (TPSA) is 17.1 Å². The zero-order chi connectivity index (χ0) is 7.11. The Hall–Kier alpha value is -0.590. The van der Waals surface area contributed by atoms with E-state index in [1.54, 1.807) is 0 Å². The molecule has 0 fully saturated rings. The molecule has 0 saturated carbocycles. The highest BCUT2D eigenvalue weighted by Gasteiger charge is 1.89. The molecule has 0 aromatic carbocycles. The van der Waals surface area contributed by atoms with Gasteiger partial charge in [0.25, 0.3) is 0 Å². The van der Waals surface area contributed by atoms with Gasteiger partial charge in [0.15, 0.2) is 0 Å². The molecular weight excluding hydrogens is 112 g/mol. The van der Waals surface area contributed by atoms with Gasteiger partial charge in [0, 0.05) is 0 Å². The van der Waals surface area contributed by atoms with Crippen molar-refractivity contribution in [2.45, 2.75) is 32.6 Å². The average Bonchev–Trinajstić information content (AvgIpc) is 1.89. The van der Waals surface area contributed by atoms with Crippen molar-refractivity contribution < 1.29 is 4.79 Å². The summed E-state index contributed by atoms with van der Waals surface area (Å²) in [6.07, 6.45) is 5.22. The van der Waals surface area contributed by atoms with Crippen molar-refractivity contribution >= 4 is 6.29 Å². The molecule has 0 aromatic heterocycles. The van der Waals surface area contributed by atoms with Crippen molar-refractivity contribution in [3.63, 3.8) is 0 Å². The smallest absolute Gasteiger partial charge is 0.145 e. The summed E-state index contributed by atoms with van der Waals surface area (Å²) in [7, 11) is 0. The zero-order valence-electron chi connectivity index (χ0n) is 6.02. The Labute approximate surface area is 56.8 Å². The summed E-state index contributed by atoms with van der Waals surface area (Å²) in [5.74, 6) is 0. The molecule has 0 aliphatic carbocycles. The monoisotopic (exact) mass is 126 g/mol. The summed E-state index contributed by atoms with van der Waals surface area (Å²) in [4.78, 5) is 10.00. The predicted molar refractivity (Wildman–Crippen MR) is 39.3 cm³/mol. The molecule has 9 heavy (non-hydrogen) atoms. The van der Waals surface area contributed by atoms with E-state index in [1.807, 2.05) is 0 Å². The van der Waals surface area contributed by atoms with Gasteiger partial charge in [-0.1, -0.05) is 26.3 Å². The quantitative estimate of drug-likeness (QED) is 0.314. The molecule has 1 heteroatoms. The molecule has 0 spiro atoms. The molecule has 0 N–H and O–H groups in total. The van der Waals surface area contributed by atoms with Crippen molar-refractivity contribution in [1.82, 2.24) is 0 Å². The predicted octanol–water partition coefficient (Wildman–Crippen LogP) is 2.32. The second-order valence-corrected chi connectivity index (χ2v) is 2.23. The SMILES string of the molecule is C=C(C=O)CCCCC. The Morgan fingerprint density at radius 2 is 2.22 bits per heavy atom. The fraction of sp³-hybridized carbons (Fsp3) is 0.625. The molecule has 0 radical (unpaired) electrons. The second kappa shape index (κ2) is 5.54. The minimum atomic E-state index is 0.725. The largest absolute Gasteiger partial charge is 0.298 e. The Bertz CT molecular complexity index is 94.7. The van der Waals surface area contributed by atoms with Crippen LogP contribution in [0.1, 0.15) is 32.6 Å². The lowest BCUT2D eigenvalue weighted by atomic mass is 10.1. The number of rotatable bonds is 5. The van der Waals surface area contributed by atoms with Crippen molar-refractivity contribution in [2.24, 2.45) is 0 Å². The highest BCUT2D eigenvalue weighted by molar-refractivity contribution is 5.71. The van der Waals surface area contributed by atoms with Gasteiger partial charge in [0.05, 0.1) is 0 Å². The number of aldehydes is 1. The molecule has 0 atom stereocenters. The van der Waals surface area contributed by atoms with E-state index in [2.05, 4.69) is 13.5 Å². The number of allylic oxidation sites excluding steroid dienone is 1. The van der Waals surface area contributed by atoms with Crippen LogP contribution in [-0.2, 0) is 4.79 Å². The molecule has 0 rings (SSSR count).